The molecule has 0 spiro atoms. The van der Waals surface area contributed by atoms with Crippen molar-refractivity contribution in [3.05, 3.63) is 23.8 Å². The van der Waals surface area contributed by atoms with Crippen LogP contribution in [0.2, 0.25) is 0 Å². The van der Waals surface area contributed by atoms with E-state index < -0.39 is 0 Å². The van der Waals surface area contributed by atoms with Gasteiger partial charge in [-0.05, 0) is 43.1 Å². The summed E-state index contributed by atoms with van der Waals surface area (Å²) in [6.45, 7) is 2.26. The highest BCUT2D eigenvalue weighted by Gasteiger charge is 2.22. The summed E-state index contributed by atoms with van der Waals surface area (Å²) >= 11 is 0. The van der Waals surface area contributed by atoms with Gasteiger partial charge in [-0.15, -0.1) is 0 Å². The molecule has 1 fully saturated rings. The van der Waals surface area contributed by atoms with Gasteiger partial charge < -0.3 is 0 Å². The molecule has 1 aliphatic carbocycles. The lowest BCUT2D eigenvalue weighted by Crippen LogP contribution is -2.13. The second-order valence-corrected chi connectivity index (χ2v) is 4.96. The largest absolute Gasteiger partial charge is 0.232 e. The average molecular weight is 229 g/mol. The lowest BCUT2D eigenvalue weighted by atomic mass is 9.78. The van der Waals surface area contributed by atoms with E-state index in [4.69, 9.17) is 5.26 Å². The van der Waals surface area contributed by atoms with Crippen LogP contribution >= 0.6 is 0 Å². The zero-order valence-corrected chi connectivity index (χ0v) is 10.4. The van der Waals surface area contributed by atoms with Gasteiger partial charge in [0.05, 0.1) is 0 Å². The summed E-state index contributed by atoms with van der Waals surface area (Å²) in [7, 11) is 0. The van der Waals surface area contributed by atoms with Gasteiger partial charge in [-0.25, -0.2) is 9.97 Å². The Labute approximate surface area is 103 Å². The Morgan fingerprint density at radius 2 is 1.88 bits per heavy atom. The highest BCUT2D eigenvalue weighted by Crippen LogP contribution is 2.36. The van der Waals surface area contributed by atoms with E-state index in [2.05, 4.69) is 16.9 Å². The van der Waals surface area contributed by atoms with Crippen LogP contribution in [0.3, 0.4) is 0 Å². The SMILES string of the molecule is CCCC1CCC(c2cnc(C#N)nc2)CC1. The fourth-order valence-electron chi connectivity index (χ4n) is 2.80. The summed E-state index contributed by atoms with van der Waals surface area (Å²) < 4.78 is 0. The van der Waals surface area contributed by atoms with Gasteiger partial charge in [-0.3, -0.25) is 0 Å². The molecule has 0 radical (unpaired) electrons. The van der Waals surface area contributed by atoms with Crippen molar-refractivity contribution in [3.8, 4) is 6.07 Å². The van der Waals surface area contributed by atoms with Crippen molar-refractivity contribution in [2.75, 3.05) is 0 Å². The molecule has 1 saturated carbocycles. The topological polar surface area (TPSA) is 49.6 Å². The average Bonchev–Trinajstić information content (AvgIpc) is 2.40. The standard InChI is InChI=1S/C14H19N3/c1-2-3-11-4-6-12(7-5-11)13-9-16-14(8-15)17-10-13/h9-12H,2-7H2,1H3. The summed E-state index contributed by atoms with van der Waals surface area (Å²) in [5.74, 6) is 1.81. The first kappa shape index (κ1) is 12.0. The lowest BCUT2D eigenvalue weighted by Gasteiger charge is -2.28. The molecule has 0 N–H and O–H groups in total. The minimum absolute atomic E-state index is 0.272. The van der Waals surface area contributed by atoms with Crippen molar-refractivity contribution in [1.29, 1.82) is 5.26 Å². The van der Waals surface area contributed by atoms with Crippen molar-refractivity contribution in [2.45, 2.75) is 51.4 Å². The maximum absolute atomic E-state index is 8.66. The zero-order valence-electron chi connectivity index (χ0n) is 10.4. The van der Waals surface area contributed by atoms with E-state index in [1.807, 2.05) is 18.5 Å². The quantitative estimate of drug-likeness (QED) is 0.798. The van der Waals surface area contributed by atoms with E-state index in [0.717, 1.165) is 5.92 Å². The van der Waals surface area contributed by atoms with Crippen molar-refractivity contribution in [3.63, 3.8) is 0 Å². The third-order valence-corrected chi connectivity index (χ3v) is 3.79. The Morgan fingerprint density at radius 3 is 2.41 bits per heavy atom. The van der Waals surface area contributed by atoms with Crippen LogP contribution in [0.4, 0.5) is 0 Å². The number of nitriles is 1. The summed E-state index contributed by atoms with van der Waals surface area (Å²) in [5.41, 5.74) is 1.21. The third kappa shape index (κ3) is 3.03. The van der Waals surface area contributed by atoms with Gasteiger partial charge in [-0.1, -0.05) is 19.8 Å². The van der Waals surface area contributed by atoms with Crippen LogP contribution in [0.25, 0.3) is 0 Å². The molecule has 0 aliphatic heterocycles. The van der Waals surface area contributed by atoms with Crippen LogP contribution in [0.1, 0.15) is 62.8 Å². The van der Waals surface area contributed by atoms with Gasteiger partial charge in [0.1, 0.15) is 6.07 Å². The molecule has 0 aromatic carbocycles. The minimum Gasteiger partial charge on any atom is -0.227 e. The molecular weight excluding hydrogens is 210 g/mol. The van der Waals surface area contributed by atoms with Crippen LogP contribution < -0.4 is 0 Å². The van der Waals surface area contributed by atoms with Gasteiger partial charge in [-0.2, -0.15) is 5.26 Å². The van der Waals surface area contributed by atoms with E-state index in [-0.39, 0.29) is 5.82 Å². The van der Waals surface area contributed by atoms with Crippen LogP contribution in [0.15, 0.2) is 12.4 Å². The van der Waals surface area contributed by atoms with Crippen LogP contribution in [0, 0.1) is 17.2 Å². The summed E-state index contributed by atoms with van der Waals surface area (Å²) in [6, 6.07) is 1.96. The Hall–Kier alpha value is -1.43. The van der Waals surface area contributed by atoms with E-state index in [1.54, 1.807) is 0 Å². The number of aromatic nitrogens is 2. The third-order valence-electron chi connectivity index (χ3n) is 3.79. The molecule has 1 aromatic heterocycles. The summed E-state index contributed by atoms with van der Waals surface area (Å²) in [6.07, 6.45) is 11.5. The smallest absolute Gasteiger partial charge is 0.227 e. The first-order valence-electron chi connectivity index (χ1n) is 6.55. The fraction of sp³-hybridized carbons (Fsp3) is 0.643. The monoisotopic (exact) mass is 229 g/mol. The van der Waals surface area contributed by atoms with Gasteiger partial charge in [0.15, 0.2) is 0 Å². The van der Waals surface area contributed by atoms with Gasteiger partial charge >= 0.3 is 0 Å². The van der Waals surface area contributed by atoms with Crippen molar-refractivity contribution in [1.82, 2.24) is 9.97 Å². The van der Waals surface area contributed by atoms with Gasteiger partial charge in [0, 0.05) is 12.4 Å². The molecule has 0 unspecified atom stereocenters. The molecule has 1 heterocycles. The molecule has 3 heteroatoms. The Bertz CT molecular complexity index is 383. The van der Waals surface area contributed by atoms with Gasteiger partial charge in [0.2, 0.25) is 5.82 Å². The number of nitrogens with zero attached hydrogens (tertiary/aromatic N) is 3. The predicted molar refractivity (Wildman–Crippen MR) is 66.4 cm³/mol. The maximum atomic E-state index is 8.66. The molecule has 0 saturated heterocycles. The molecule has 17 heavy (non-hydrogen) atoms. The van der Waals surface area contributed by atoms with E-state index >= 15 is 0 Å². The highest BCUT2D eigenvalue weighted by atomic mass is 14.9. The van der Waals surface area contributed by atoms with Crippen LogP contribution in [0.5, 0.6) is 0 Å². The zero-order chi connectivity index (χ0) is 12.1. The molecule has 2 rings (SSSR count). The second kappa shape index (κ2) is 5.77. The minimum atomic E-state index is 0.272. The lowest BCUT2D eigenvalue weighted by molar-refractivity contribution is 0.307. The van der Waals surface area contributed by atoms with Crippen molar-refractivity contribution in [2.24, 2.45) is 5.92 Å². The van der Waals surface area contributed by atoms with E-state index in [9.17, 15) is 0 Å². The first-order valence-corrected chi connectivity index (χ1v) is 6.55. The molecule has 0 bridgehead atoms. The Balaban J connectivity index is 1.94. The Morgan fingerprint density at radius 1 is 1.24 bits per heavy atom. The number of hydrogen-bond donors (Lipinski definition) is 0. The number of rotatable bonds is 3. The molecular formula is C14H19N3. The van der Waals surface area contributed by atoms with Crippen LogP contribution in [-0.2, 0) is 0 Å². The fourth-order valence-corrected chi connectivity index (χ4v) is 2.80. The molecule has 3 nitrogen and oxygen atoms in total. The van der Waals surface area contributed by atoms with Crippen molar-refractivity contribution >= 4 is 0 Å². The highest BCUT2D eigenvalue weighted by molar-refractivity contribution is 5.17. The summed E-state index contributed by atoms with van der Waals surface area (Å²) in [4.78, 5) is 8.11. The normalized spacial score (nSPS) is 24.2. The van der Waals surface area contributed by atoms with Crippen LogP contribution in [-0.4, -0.2) is 9.97 Å². The molecule has 0 amide bonds. The van der Waals surface area contributed by atoms with Gasteiger partial charge in [0.25, 0.3) is 0 Å². The van der Waals surface area contributed by atoms with Crippen molar-refractivity contribution < 1.29 is 0 Å². The molecule has 1 aromatic rings. The summed E-state index contributed by atoms with van der Waals surface area (Å²) in [5, 5.41) is 8.66. The predicted octanol–water partition coefficient (Wildman–Crippen LogP) is 3.42. The van der Waals surface area contributed by atoms with E-state index in [0.29, 0.717) is 5.92 Å². The Kier molecular flexibility index (Phi) is 4.08. The molecule has 0 atom stereocenters. The first-order chi connectivity index (χ1) is 8.33. The molecule has 1 aliphatic rings. The van der Waals surface area contributed by atoms with E-state index in [1.165, 1.54) is 44.1 Å². The second-order valence-electron chi connectivity index (χ2n) is 4.96. The maximum Gasteiger partial charge on any atom is 0.232 e. The number of hydrogen-bond acceptors (Lipinski definition) is 3. The molecule has 90 valence electrons.